The molecule has 72 valence electrons. The van der Waals surface area contributed by atoms with Gasteiger partial charge in [0, 0.05) is 41.2 Å². The van der Waals surface area contributed by atoms with Gasteiger partial charge in [-0.2, -0.15) is 5.26 Å². The van der Waals surface area contributed by atoms with Gasteiger partial charge in [-0.25, -0.2) is 4.98 Å². The smallest absolute Gasteiger partial charge is 0.124 e. The number of thiazole rings is 1. The molecule has 0 fully saturated rings. The monoisotopic (exact) mass is 213 g/mol. The lowest BCUT2D eigenvalue weighted by molar-refractivity contribution is 1.29. The van der Waals surface area contributed by atoms with E-state index in [9.17, 15) is 0 Å². The summed E-state index contributed by atoms with van der Waals surface area (Å²) < 4.78 is 0. The maximum absolute atomic E-state index is 8.73. The van der Waals surface area contributed by atoms with Crippen molar-refractivity contribution in [3.8, 4) is 6.07 Å². The van der Waals surface area contributed by atoms with Crippen LogP contribution in [0.5, 0.6) is 0 Å². The van der Waals surface area contributed by atoms with Crippen LogP contribution in [0.2, 0.25) is 0 Å². The van der Waals surface area contributed by atoms with Gasteiger partial charge in [0.2, 0.25) is 0 Å². The van der Waals surface area contributed by atoms with Gasteiger partial charge < -0.3 is 0 Å². The molecule has 0 amide bonds. The summed E-state index contributed by atoms with van der Waals surface area (Å²) in [4.78, 5) is 8.21. The first-order valence-corrected chi connectivity index (χ1v) is 5.20. The molecular weight excluding hydrogens is 206 g/mol. The van der Waals surface area contributed by atoms with Crippen LogP contribution in [0, 0.1) is 11.3 Å². The summed E-state index contributed by atoms with van der Waals surface area (Å²) in [6.07, 6.45) is 6.65. The Balaban J connectivity index is 2.48. The van der Waals surface area contributed by atoms with E-state index >= 15 is 0 Å². The van der Waals surface area contributed by atoms with Gasteiger partial charge >= 0.3 is 0 Å². The molecule has 4 heteroatoms. The molecule has 0 aliphatic rings. The van der Waals surface area contributed by atoms with Crippen molar-refractivity contribution >= 4 is 16.9 Å². The third-order valence-corrected chi connectivity index (χ3v) is 2.65. The molecule has 15 heavy (non-hydrogen) atoms. The summed E-state index contributed by atoms with van der Waals surface area (Å²) in [6, 6.07) is 5.79. The SMILES string of the molecule is N#CC=C(c1cccnc1)c1nccs1. The molecule has 0 saturated carbocycles. The van der Waals surface area contributed by atoms with Gasteiger partial charge in [0.15, 0.2) is 0 Å². The van der Waals surface area contributed by atoms with E-state index in [1.165, 1.54) is 17.4 Å². The summed E-state index contributed by atoms with van der Waals surface area (Å²) >= 11 is 1.51. The summed E-state index contributed by atoms with van der Waals surface area (Å²) in [5.74, 6) is 0. The highest BCUT2D eigenvalue weighted by Gasteiger charge is 2.06. The molecule has 0 aliphatic heterocycles. The second-order valence-corrected chi connectivity index (χ2v) is 3.66. The van der Waals surface area contributed by atoms with Crippen molar-refractivity contribution in [1.29, 1.82) is 5.26 Å². The van der Waals surface area contributed by atoms with Crippen molar-refractivity contribution in [2.75, 3.05) is 0 Å². The zero-order chi connectivity index (χ0) is 10.5. The van der Waals surface area contributed by atoms with Gasteiger partial charge in [-0.3, -0.25) is 4.98 Å². The van der Waals surface area contributed by atoms with Crippen LogP contribution < -0.4 is 0 Å². The predicted molar refractivity (Wildman–Crippen MR) is 59.0 cm³/mol. The third kappa shape index (κ3) is 2.09. The van der Waals surface area contributed by atoms with E-state index in [-0.39, 0.29) is 0 Å². The highest BCUT2D eigenvalue weighted by molar-refractivity contribution is 7.10. The third-order valence-electron chi connectivity index (χ3n) is 1.84. The Kier molecular flexibility index (Phi) is 2.86. The normalized spacial score (nSPS) is 11.0. The van der Waals surface area contributed by atoms with E-state index in [2.05, 4.69) is 9.97 Å². The molecule has 0 bridgehead atoms. The molecule has 2 aromatic rings. The average molecular weight is 213 g/mol. The van der Waals surface area contributed by atoms with Crippen molar-refractivity contribution in [3.05, 3.63) is 52.8 Å². The van der Waals surface area contributed by atoms with E-state index < -0.39 is 0 Å². The number of hydrogen-bond donors (Lipinski definition) is 0. The predicted octanol–water partition coefficient (Wildman–Crippen LogP) is 2.49. The van der Waals surface area contributed by atoms with Crippen LogP contribution in [0.3, 0.4) is 0 Å². The maximum Gasteiger partial charge on any atom is 0.124 e. The zero-order valence-corrected chi connectivity index (χ0v) is 8.61. The first kappa shape index (κ1) is 9.56. The molecule has 2 aromatic heterocycles. The van der Waals surface area contributed by atoms with E-state index in [0.29, 0.717) is 0 Å². The Morgan fingerprint density at radius 1 is 1.47 bits per heavy atom. The Morgan fingerprint density at radius 2 is 2.40 bits per heavy atom. The molecule has 3 nitrogen and oxygen atoms in total. The molecule has 0 unspecified atom stereocenters. The summed E-state index contributed by atoms with van der Waals surface area (Å²) in [5.41, 5.74) is 1.73. The number of nitrogens with zero attached hydrogens (tertiary/aromatic N) is 3. The number of rotatable bonds is 2. The summed E-state index contributed by atoms with van der Waals surface area (Å²) in [5, 5.41) is 11.5. The fourth-order valence-electron chi connectivity index (χ4n) is 1.21. The van der Waals surface area contributed by atoms with E-state index in [1.807, 2.05) is 23.6 Å². The fraction of sp³-hybridized carbons (Fsp3) is 0. The maximum atomic E-state index is 8.73. The fourth-order valence-corrected chi connectivity index (χ4v) is 1.89. The lowest BCUT2D eigenvalue weighted by Crippen LogP contribution is -1.87. The van der Waals surface area contributed by atoms with Crippen molar-refractivity contribution in [2.24, 2.45) is 0 Å². The Bertz CT molecular complexity index is 494. The summed E-state index contributed by atoms with van der Waals surface area (Å²) in [7, 11) is 0. The van der Waals surface area contributed by atoms with Crippen LogP contribution in [0.1, 0.15) is 10.6 Å². The van der Waals surface area contributed by atoms with Crippen molar-refractivity contribution in [3.63, 3.8) is 0 Å². The molecule has 0 aliphatic carbocycles. The molecule has 0 spiro atoms. The molecule has 0 aromatic carbocycles. The molecule has 0 radical (unpaired) electrons. The van der Waals surface area contributed by atoms with Crippen molar-refractivity contribution < 1.29 is 0 Å². The highest BCUT2D eigenvalue weighted by atomic mass is 32.1. The van der Waals surface area contributed by atoms with Crippen molar-refractivity contribution in [1.82, 2.24) is 9.97 Å². The van der Waals surface area contributed by atoms with E-state index in [0.717, 1.165) is 16.1 Å². The number of pyridine rings is 1. The Labute approximate surface area is 91.4 Å². The van der Waals surface area contributed by atoms with Gasteiger partial charge in [-0.05, 0) is 6.07 Å². The number of allylic oxidation sites excluding steroid dienone is 1. The minimum absolute atomic E-state index is 0.820. The first-order chi connectivity index (χ1) is 7.42. The second kappa shape index (κ2) is 4.49. The summed E-state index contributed by atoms with van der Waals surface area (Å²) in [6.45, 7) is 0. The van der Waals surface area contributed by atoms with Crippen LogP contribution in [0.4, 0.5) is 0 Å². The quantitative estimate of drug-likeness (QED) is 0.720. The van der Waals surface area contributed by atoms with Gasteiger partial charge in [0.05, 0.1) is 6.07 Å². The molecule has 0 atom stereocenters. The van der Waals surface area contributed by atoms with Crippen LogP contribution >= 0.6 is 11.3 Å². The number of hydrogen-bond acceptors (Lipinski definition) is 4. The standard InChI is InChI=1S/C11H7N3S/c12-4-3-10(11-14-6-7-15-11)9-2-1-5-13-8-9/h1-3,5-8H. The average Bonchev–Trinajstić information content (AvgIpc) is 2.80. The minimum atomic E-state index is 0.820. The molecule has 0 N–H and O–H groups in total. The van der Waals surface area contributed by atoms with Gasteiger partial charge in [0.1, 0.15) is 5.01 Å². The number of aromatic nitrogens is 2. The topological polar surface area (TPSA) is 49.6 Å². The lowest BCUT2D eigenvalue weighted by atomic mass is 10.1. The zero-order valence-electron chi connectivity index (χ0n) is 7.79. The van der Waals surface area contributed by atoms with Crippen LogP contribution in [0.15, 0.2) is 42.2 Å². The Morgan fingerprint density at radius 3 is 3.00 bits per heavy atom. The lowest BCUT2D eigenvalue weighted by Gasteiger charge is -2.00. The van der Waals surface area contributed by atoms with Crippen LogP contribution in [0.25, 0.3) is 5.57 Å². The molecule has 2 rings (SSSR count). The highest BCUT2D eigenvalue weighted by Crippen LogP contribution is 2.23. The van der Waals surface area contributed by atoms with Gasteiger partial charge in [0.25, 0.3) is 0 Å². The number of nitriles is 1. The van der Waals surface area contributed by atoms with Crippen LogP contribution in [-0.4, -0.2) is 9.97 Å². The van der Waals surface area contributed by atoms with Crippen molar-refractivity contribution in [2.45, 2.75) is 0 Å². The first-order valence-electron chi connectivity index (χ1n) is 4.32. The molecule has 0 saturated heterocycles. The van der Waals surface area contributed by atoms with Crippen LogP contribution in [-0.2, 0) is 0 Å². The Hall–Kier alpha value is -1.99. The minimum Gasteiger partial charge on any atom is -0.264 e. The second-order valence-electron chi connectivity index (χ2n) is 2.77. The molecule has 2 heterocycles. The van der Waals surface area contributed by atoms with E-state index in [4.69, 9.17) is 5.26 Å². The molecular formula is C11H7N3S. The van der Waals surface area contributed by atoms with Gasteiger partial charge in [-0.15, -0.1) is 11.3 Å². The largest absolute Gasteiger partial charge is 0.264 e. The van der Waals surface area contributed by atoms with Gasteiger partial charge in [-0.1, -0.05) is 6.07 Å². The van der Waals surface area contributed by atoms with E-state index in [1.54, 1.807) is 18.6 Å².